The Bertz CT molecular complexity index is 281. The molecule has 3 nitrogen and oxygen atoms in total. The molecule has 0 aliphatic heterocycles. The van der Waals surface area contributed by atoms with E-state index in [9.17, 15) is 5.11 Å². The van der Waals surface area contributed by atoms with E-state index in [1.807, 2.05) is 13.8 Å². The van der Waals surface area contributed by atoms with E-state index in [1.54, 1.807) is 19.2 Å². The van der Waals surface area contributed by atoms with Crippen LogP contribution in [0.4, 0.5) is 0 Å². The molecule has 0 saturated heterocycles. The fourth-order valence-electron chi connectivity index (χ4n) is 1.01. The van der Waals surface area contributed by atoms with Gasteiger partial charge in [-0.05, 0) is 13.8 Å². The van der Waals surface area contributed by atoms with Gasteiger partial charge in [0.1, 0.15) is 17.2 Å². The molecule has 0 bridgehead atoms. The lowest BCUT2D eigenvalue weighted by Crippen LogP contribution is -2.05. The number of hydrogen-bond donors (Lipinski definition) is 1. The molecule has 1 aromatic rings. The molecule has 72 valence electrons. The lowest BCUT2D eigenvalue weighted by molar-refractivity contribution is 0.240. The van der Waals surface area contributed by atoms with Crippen LogP contribution in [0, 0.1) is 0 Å². The molecule has 1 rings (SSSR count). The van der Waals surface area contributed by atoms with E-state index in [4.69, 9.17) is 9.47 Å². The van der Waals surface area contributed by atoms with Crippen LogP contribution >= 0.6 is 0 Å². The zero-order valence-electron chi connectivity index (χ0n) is 8.07. The van der Waals surface area contributed by atoms with Gasteiger partial charge in [0.15, 0.2) is 0 Å². The summed E-state index contributed by atoms with van der Waals surface area (Å²) in [7, 11) is 1.55. The molecule has 0 spiro atoms. The monoisotopic (exact) mass is 182 g/mol. The maximum atomic E-state index is 9.28. The van der Waals surface area contributed by atoms with Crippen LogP contribution in [0.2, 0.25) is 0 Å². The third-order valence-corrected chi connectivity index (χ3v) is 1.47. The van der Waals surface area contributed by atoms with Gasteiger partial charge in [0.2, 0.25) is 0 Å². The molecule has 0 amide bonds. The Morgan fingerprint density at radius 1 is 1.15 bits per heavy atom. The summed E-state index contributed by atoms with van der Waals surface area (Å²) in [5.74, 6) is 1.36. The van der Waals surface area contributed by atoms with E-state index in [2.05, 4.69) is 0 Å². The summed E-state index contributed by atoms with van der Waals surface area (Å²) in [5.41, 5.74) is 0. The summed E-state index contributed by atoms with van der Waals surface area (Å²) >= 11 is 0. The quantitative estimate of drug-likeness (QED) is 0.778. The minimum atomic E-state index is 0.0894. The van der Waals surface area contributed by atoms with Gasteiger partial charge in [0.05, 0.1) is 13.2 Å². The third-order valence-electron chi connectivity index (χ3n) is 1.47. The first-order chi connectivity index (χ1) is 6.11. The highest BCUT2D eigenvalue weighted by Crippen LogP contribution is 2.26. The Hall–Kier alpha value is -1.38. The van der Waals surface area contributed by atoms with Crippen molar-refractivity contribution >= 4 is 0 Å². The molecular weight excluding hydrogens is 168 g/mol. The van der Waals surface area contributed by atoms with Crippen molar-refractivity contribution in [3.8, 4) is 17.2 Å². The zero-order valence-corrected chi connectivity index (χ0v) is 8.07. The van der Waals surface area contributed by atoms with Crippen LogP contribution in [-0.4, -0.2) is 18.3 Å². The highest BCUT2D eigenvalue weighted by atomic mass is 16.5. The van der Waals surface area contributed by atoms with E-state index in [0.29, 0.717) is 11.5 Å². The van der Waals surface area contributed by atoms with Crippen LogP contribution in [0.5, 0.6) is 17.2 Å². The van der Waals surface area contributed by atoms with E-state index in [1.165, 1.54) is 6.07 Å². The van der Waals surface area contributed by atoms with Gasteiger partial charge >= 0.3 is 0 Å². The molecule has 0 aromatic heterocycles. The number of phenols is 1. The maximum absolute atomic E-state index is 9.28. The van der Waals surface area contributed by atoms with Crippen molar-refractivity contribution in [3.05, 3.63) is 18.2 Å². The van der Waals surface area contributed by atoms with Crippen LogP contribution in [0.3, 0.4) is 0 Å². The predicted octanol–water partition coefficient (Wildman–Crippen LogP) is 2.19. The minimum Gasteiger partial charge on any atom is -0.508 e. The molecule has 1 aromatic carbocycles. The lowest BCUT2D eigenvalue weighted by Gasteiger charge is -2.11. The van der Waals surface area contributed by atoms with Crippen molar-refractivity contribution in [1.29, 1.82) is 0 Å². The summed E-state index contributed by atoms with van der Waals surface area (Å²) in [5, 5.41) is 9.28. The summed E-state index contributed by atoms with van der Waals surface area (Å²) in [6.07, 6.45) is 0.0894. The Labute approximate surface area is 77.9 Å². The second kappa shape index (κ2) is 4.03. The number of ether oxygens (including phenoxy) is 2. The highest BCUT2D eigenvalue weighted by molar-refractivity contribution is 5.41. The SMILES string of the molecule is COc1cc(O)cc(OC(C)C)c1. The molecule has 0 unspecified atom stereocenters. The van der Waals surface area contributed by atoms with E-state index >= 15 is 0 Å². The molecule has 3 heteroatoms. The number of hydrogen-bond acceptors (Lipinski definition) is 3. The van der Waals surface area contributed by atoms with Crippen LogP contribution in [0.25, 0.3) is 0 Å². The number of phenolic OH excluding ortho intramolecular Hbond substituents is 1. The van der Waals surface area contributed by atoms with Crippen molar-refractivity contribution < 1.29 is 14.6 Å². The predicted molar refractivity (Wildman–Crippen MR) is 50.4 cm³/mol. The van der Waals surface area contributed by atoms with Crippen LogP contribution in [-0.2, 0) is 0 Å². The van der Waals surface area contributed by atoms with Crippen molar-refractivity contribution in [1.82, 2.24) is 0 Å². The first-order valence-electron chi connectivity index (χ1n) is 4.16. The summed E-state index contributed by atoms with van der Waals surface area (Å²) in [6.45, 7) is 3.85. The molecule has 1 N–H and O–H groups in total. The largest absolute Gasteiger partial charge is 0.508 e. The van der Waals surface area contributed by atoms with Gasteiger partial charge in [-0.15, -0.1) is 0 Å². The summed E-state index contributed by atoms with van der Waals surface area (Å²) in [4.78, 5) is 0. The highest BCUT2D eigenvalue weighted by Gasteiger charge is 2.02. The topological polar surface area (TPSA) is 38.7 Å². The van der Waals surface area contributed by atoms with Gasteiger partial charge in [0.25, 0.3) is 0 Å². The fourth-order valence-corrected chi connectivity index (χ4v) is 1.01. The molecule has 0 fully saturated rings. The van der Waals surface area contributed by atoms with E-state index in [-0.39, 0.29) is 11.9 Å². The van der Waals surface area contributed by atoms with E-state index in [0.717, 1.165) is 0 Å². The number of methoxy groups -OCH3 is 1. The maximum Gasteiger partial charge on any atom is 0.127 e. The van der Waals surface area contributed by atoms with Crippen LogP contribution in [0.15, 0.2) is 18.2 Å². The number of aromatic hydroxyl groups is 1. The van der Waals surface area contributed by atoms with Crippen molar-refractivity contribution in [2.45, 2.75) is 20.0 Å². The Morgan fingerprint density at radius 3 is 2.31 bits per heavy atom. The third kappa shape index (κ3) is 2.86. The van der Waals surface area contributed by atoms with Gasteiger partial charge < -0.3 is 14.6 Å². The van der Waals surface area contributed by atoms with Gasteiger partial charge in [-0.2, -0.15) is 0 Å². The first-order valence-corrected chi connectivity index (χ1v) is 4.16. The Kier molecular flexibility index (Phi) is 3.01. The molecule has 0 saturated carbocycles. The van der Waals surface area contributed by atoms with Gasteiger partial charge in [-0.3, -0.25) is 0 Å². The molecule has 0 radical (unpaired) electrons. The molecule has 0 aliphatic rings. The number of rotatable bonds is 3. The number of benzene rings is 1. The van der Waals surface area contributed by atoms with Gasteiger partial charge in [-0.1, -0.05) is 0 Å². The molecule has 0 atom stereocenters. The van der Waals surface area contributed by atoms with Crippen molar-refractivity contribution in [3.63, 3.8) is 0 Å². The van der Waals surface area contributed by atoms with Crippen LogP contribution in [0.1, 0.15) is 13.8 Å². The lowest BCUT2D eigenvalue weighted by atomic mass is 10.3. The van der Waals surface area contributed by atoms with Gasteiger partial charge in [0, 0.05) is 18.2 Å². The molecule has 0 aliphatic carbocycles. The molecule has 0 heterocycles. The van der Waals surface area contributed by atoms with Crippen molar-refractivity contribution in [2.75, 3.05) is 7.11 Å². The van der Waals surface area contributed by atoms with E-state index < -0.39 is 0 Å². The normalized spacial score (nSPS) is 10.2. The zero-order chi connectivity index (χ0) is 9.84. The van der Waals surface area contributed by atoms with Crippen LogP contribution < -0.4 is 9.47 Å². The smallest absolute Gasteiger partial charge is 0.127 e. The second-order valence-corrected chi connectivity index (χ2v) is 3.03. The molecule has 13 heavy (non-hydrogen) atoms. The first kappa shape index (κ1) is 9.71. The van der Waals surface area contributed by atoms with Gasteiger partial charge in [-0.25, -0.2) is 0 Å². The standard InChI is InChI=1S/C10H14O3/c1-7(2)13-10-5-8(11)4-9(6-10)12-3/h4-7,11H,1-3H3. The Balaban J connectivity index is 2.88. The van der Waals surface area contributed by atoms with Crippen molar-refractivity contribution in [2.24, 2.45) is 0 Å². The summed E-state index contributed by atoms with van der Waals surface area (Å²) < 4.78 is 10.4. The minimum absolute atomic E-state index is 0.0894. The fraction of sp³-hybridized carbons (Fsp3) is 0.400. The average molecular weight is 182 g/mol. The molecular formula is C10H14O3. The average Bonchev–Trinajstić information content (AvgIpc) is 2.01. The summed E-state index contributed by atoms with van der Waals surface area (Å²) in [6, 6.07) is 4.83. The Morgan fingerprint density at radius 2 is 1.77 bits per heavy atom. The second-order valence-electron chi connectivity index (χ2n) is 3.03.